The molecule has 0 unspecified atom stereocenters. The van der Waals surface area contributed by atoms with Gasteiger partial charge in [0.1, 0.15) is 5.69 Å². The number of rotatable bonds is 2. The first kappa shape index (κ1) is 12.2. The van der Waals surface area contributed by atoms with E-state index in [0.29, 0.717) is 10.6 Å². The van der Waals surface area contributed by atoms with Crippen molar-refractivity contribution in [1.82, 2.24) is 15.4 Å². The van der Waals surface area contributed by atoms with Crippen LogP contribution in [0, 0.1) is 0 Å². The van der Waals surface area contributed by atoms with E-state index in [0.717, 1.165) is 0 Å². The maximum absolute atomic E-state index is 11.1. The molecule has 1 aromatic heterocycles. The molecule has 1 aromatic carbocycles. The second-order valence-corrected chi connectivity index (χ2v) is 4.36. The molecule has 8 heteroatoms. The highest BCUT2D eigenvalue weighted by Gasteiger charge is 2.19. The minimum Gasteiger partial charge on any atom is -0.364 e. The van der Waals surface area contributed by atoms with Gasteiger partial charge in [-0.05, 0) is 12.1 Å². The van der Waals surface area contributed by atoms with E-state index >= 15 is 0 Å². The molecule has 0 atom stereocenters. The number of nitrogens with one attached hydrogen (secondary N) is 1. The van der Waals surface area contributed by atoms with Gasteiger partial charge >= 0.3 is 0 Å². The normalized spacial score (nSPS) is 10.5. The number of carbonyl (C=O) groups excluding carboxylic acids is 1. The molecule has 0 saturated carbocycles. The van der Waals surface area contributed by atoms with E-state index < -0.39 is 5.91 Å². The van der Waals surface area contributed by atoms with Crippen molar-refractivity contribution in [2.45, 2.75) is 0 Å². The summed E-state index contributed by atoms with van der Waals surface area (Å²) in [7, 11) is 0. The zero-order valence-corrected chi connectivity index (χ0v) is 10.4. The molecule has 0 aliphatic rings. The fraction of sp³-hybridized carbons (Fsp3) is 0. The van der Waals surface area contributed by atoms with E-state index in [9.17, 15) is 4.79 Å². The molecule has 0 aliphatic heterocycles. The highest BCUT2D eigenvalue weighted by atomic mass is 35.5. The smallest absolute Gasteiger partial charge is 0.271 e. The summed E-state index contributed by atoms with van der Waals surface area (Å²) in [6, 6.07) is 3.01. The molecule has 2 rings (SSSR count). The zero-order chi connectivity index (χ0) is 12.6. The van der Waals surface area contributed by atoms with Crippen molar-refractivity contribution in [2.24, 2.45) is 5.73 Å². The van der Waals surface area contributed by atoms with Crippen LogP contribution in [0.5, 0.6) is 0 Å². The van der Waals surface area contributed by atoms with E-state index in [2.05, 4.69) is 15.4 Å². The van der Waals surface area contributed by atoms with Gasteiger partial charge in [0.05, 0.1) is 10.0 Å². The van der Waals surface area contributed by atoms with Gasteiger partial charge in [0.2, 0.25) is 0 Å². The van der Waals surface area contributed by atoms with E-state index in [4.69, 9.17) is 40.5 Å². The summed E-state index contributed by atoms with van der Waals surface area (Å²) in [6.45, 7) is 0. The highest BCUT2D eigenvalue weighted by molar-refractivity contribution is 6.45. The molecule has 0 aliphatic carbocycles. The molecule has 17 heavy (non-hydrogen) atoms. The number of carbonyl (C=O) groups is 1. The van der Waals surface area contributed by atoms with Gasteiger partial charge in [-0.15, -0.1) is 0 Å². The highest BCUT2D eigenvalue weighted by Crippen LogP contribution is 2.36. The first-order chi connectivity index (χ1) is 8.00. The largest absolute Gasteiger partial charge is 0.364 e. The maximum Gasteiger partial charge on any atom is 0.271 e. The van der Waals surface area contributed by atoms with Crippen LogP contribution in [0.1, 0.15) is 10.5 Å². The lowest BCUT2D eigenvalue weighted by molar-refractivity contribution is 0.0996. The predicted molar refractivity (Wildman–Crippen MR) is 65.4 cm³/mol. The van der Waals surface area contributed by atoms with E-state index in [1.165, 1.54) is 12.1 Å². The van der Waals surface area contributed by atoms with Gasteiger partial charge in [-0.1, -0.05) is 34.8 Å². The monoisotopic (exact) mass is 290 g/mol. The fourth-order valence-corrected chi connectivity index (χ4v) is 2.01. The van der Waals surface area contributed by atoms with Gasteiger partial charge < -0.3 is 5.73 Å². The molecular formula is C9H5Cl3N4O. The number of hydrogen-bond acceptors (Lipinski definition) is 3. The Balaban J connectivity index is 2.68. The Labute approximate surface area is 111 Å². The van der Waals surface area contributed by atoms with Crippen molar-refractivity contribution in [2.75, 3.05) is 0 Å². The average molecular weight is 292 g/mol. The third-order valence-electron chi connectivity index (χ3n) is 2.03. The zero-order valence-electron chi connectivity index (χ0n) is 8.17. The number of nitrogens with two attached hydrogens (primary N) is 1. The second-order valence-electron chi connectivity index (χ2n) is 3.13. The lowest BCUT2D eigenvalue weighted by atomic mass is 10.1. The van der Waals surface area contributed by atoms with Crippen molar-refractivity contribution < 1.29 is 4.79 Å². The minimum atomic E-state index is -0.721. The minimum absolute atomic E-state index is 0.0229. The molecule has 1 amide bonds. The van der Waals surface area contributed by atoms with Crippen molar-refractivity contribution in [1.29, 1.82) is 0 Å². The standard InChI is InChI=1S/C9H5Cl3N4O/c10-3-1-4(6(12)5(11)2-3)7-8(9(13)17)15-16-14-7/h1-2H,(H2,13,17)(H,14,15,16). The van der Waals surface area contributed by atoms with Crippen molar-refractivity contribution >= 4 is 40.7 Å². The summed E-state index contributed by atoms with van der Waals surface area (Å²) in [6.07, 6.45) is 0. The lowest BCUT2D eigenvalue weighted by Crippen LogP contribution is -2.12. The molecule has 0 bridgehead atoms. The molecule has 0 spiro atoms. The van der Waals surface area contributed by atoms with Gasteiger partial charge in [-0.25, -0.2) is 0 Å². The topological polar surface area (TPSA) is 84.7 Å². The molecular weight excluding hydrogens is 286 g/mol. The number of hydrogen-bond donors (Lipinski definition) is 2. The average Bonchev–Trinajstić information content (AvgIpc) is 2.72. The SMILES string of the molecule is NC(=O)c1n[nH]nc1-c1cc(Cl)cc(Cl)c1Cl. The Morgan fingerprint density at radius 3 is 2.59 bits per heavy atom. The fourth-order valence-electron chi connectivity index (χ4n) is 1.32. The first-order valence-corrected chi connectivity index (χ1v) is 5.49. The number of amides is 1. The van der Waals surface area contributed by atoms with E-state index in [1.54, 1.807) is 0 Å². The number of halogens is 3. The van der Waals surface area contributed by atoms with Gasteiger partial charge in [-0.2, -0.15) is 15.4 Å². The van der Waals surface area contributed by atoms with Crippen LogP contribution in [0.2, 0.25) is 15.1 Å². The number of aromatic nitrogens is 3. The van der Waals surface area contributed by atoms with Crippen molar-refractivity contribution in [3.8, 4) is 11.3 Å². The van der Waals surface area contributed by atoms with Crippen molar-refractivity contribution in [3.63, 3.8) is 0 Å². The molecule has 1 heterocycles. The number of aromatic amines is 1. The Morgan fingerprint density at radius 1 is 1.24 bits per heavy atom. The third kappa shape index (κ3) is 2.22. The second kappa shape index (κ2) is 4.52. The Hall–Kier alpha value is -1.30. The predicted octanol–water partition coefficient (Wildman–Crippen LogP) is 2.53. The van der Waals surface area contributed by atoms with Gasteiger partial charge in [-0.3, -0.25) is 4.79 Å². The molecule has 5 nitrogen and oxygen atoms in total. The summed E-state index contributed by atoms with van der Waals surface area (Å²) >= 11 is 17.7. The van der Waals surface area contributed by atoms with Gasteiger partial charge in [0, 0.05) is 10.6 Å². The Morgan fingerprint density at radius 2 is 1.94 bits per heavy atom. The first-order valence-electron chi connectivity index (χ1n) is 4.36. The number of benzene rings is 1. The molecule has 88 valence electrons. The Bertz CT molecular complexity index is 596. The van der Waals surface area contributed by atoms with Crippen LogP contribution >= 0.6 is 34.8 Å². The van der Waals surface area contributed by atoms with E-state index in [1.807, 2.05) is 0 Å². The van der Waals surface area contributed by atoms with Crippen LogP contribution in [0.3, 0.4) is 0 Å². The molecule has 2 aromatic rings. The Kier molecular flexibility index (Phi) is 3.24. The van der Waals surface area contributed by atoms with E-state index in [-0.39, 0.29) is 21.4 Å². The van der Waals surface area contributed by atoms with Crippen LogP contribution in [0.4, 0.5) is 0 Å². The number of nitrogens with zero attached hydrogens (tertiary/aromatic N) is 2. The lowest BCUT2D eigenvalue weighted by Gasteiger charge is -2.04. The molecule has 0 fully saturated rings. The van der Waals surface area contributed by atoms with Gasteiger partial charge in [0.15, 0.2) is 5.69 Å². The molecule has 0 radical (unpaired) electrons. The maximum atomic E-state index is 11.1. The van der Waals surface area contributed by atoms with Crippen LogP contribution < -0.4 is 5.73 Å². The number of H-pyrrole nitrogens is 1. The third-order valence-corrected chi connectivity index (χ3v) is 3.05. The summed E-state index contributed by atoms with van der Waals surface area (Å²) in [5, 5.41) is 10.6. The summed E-state index contributed by atoms with van der Waals surface area (Å²) in [5.41, 5.74) is 5.74. The van der Waals surface area contributed by atoms with Crippen molar-refractivity contribution in [3.05, 3.63) is 32.9 Å². The molecule has 3 N–H and O–H groups in total. The van der Waals surface area contributed by atoms with Crippen LogP contribution in [-0.2, 0) is 0 Å². The quantitative estimate of drug-likeness (QED) is 0.834. The van der Waals surface area contributed by atoms with Crippen LogP contribution in [0.25, 0.3) is 11.3 Å². The van der Waals surface area contributed by atoms with Gasteiger partial charge in [0.25, 0.3) is 5.91 Å². The number of primary amides is 1. The molecule has 0 saturated heterocycles. The summed E-state index contributed by atoms with van der Waals surface area (Å²) in [5.74, 6) is -0.721. The summed E-state index contributed by atoms with van der Waals surface area (Å²) < 4.78 is 0. The summed E-state index contributed by atoms with van der Waals surface area (Å²) in [4.78, 5) is 11.1. The van der Waals surface area contributed by atoms with Crippen LogP contribution in [0.15, 0.2) is 12.1 Å². The van der Waals surface area contributed by atoms with Crippen LogP contribution in [-0.4, -0.2) is 21.3 Å².